The number of aliphatic carboxylic acids is 3. The number of carboxylic acid groups (broad SMARTS) is 3. The van der Waals surface area contributed by atoms with Crippen LogP contribution in [0.3, 0.4) is 0 Å². The summed E-state index contributed by atoms with van der Waals surface area (Å²) in [5.41, 5.74) is 5.31. The number of quaternary nitrogens is 1. The third kappa shape index (κ3) is 19.3. The van der Waals surface area contributed by atoms with E-state index in [0.29, 0.717) is 23.7 Å². The lowest BCUT2D eigenvalue weighted by Crippen LogP contribution is -2.48. The molecule has 2 fully saturated rings. The molecule has 3 aromatic carbocycles. The van der Waals surface area contributed by atoms with Gasteiger partial charge in [-0.05, 0) is 53.9 Å². The van der Waals surface area contributed by atoms with Gasteiger partial charge in [0.1, 0.15) is 12.4 Å². The van der Waals surface area contributed by atoms with Crippen LogP contribution in [0.15, 0.2) is 66.7 Å². The Balaban J connectivity index is 0.000000502. The number of halogens is 10. The SMILES string of the molecule is C[C@H]1CN(Cc2cccc(-c3cc(CNC(=O)c4cccc(C[N+]5(C)CCCNCC5)c4)ccc3F)c2)CCN1.O=C(O)C(F)(F)F.O=C(O)C(F)(F)F.O=C(O)C(F)(F)F. The average Bonchev–Trinajstić information content (AvgIpc) is 3.38. The second kappa shape index (κ2) is 23.0. The van der Waals surface area contributed by atoms with Crippen LogP contribution in [-0.4, -0.2) is 126 Å². The first-order valence-electron chi connectivity index (χ1n) is 18.4. The molecule has 0 bridgehead atoms. The number of carboxylic acids is 3. The number of amides is 1. The van der Waals surface area contributed by atoms with E-state index in [1.165, 1.54) is 17.2 Å². The monoisotopic (exact) mass is 886 g/mol. The van der Waals surface area contributed by atoms with E-state index in [-0.39, 0.29) is 11.7 Å². The molecule has 2 aliphatic heterocycles. The molecule has 338 valence electrons. The zero-order valence-corrected chi connectivity index (χ0v) is 32.9. The molecule has 2 aliphatic rings. The molecule has 0 aromatic heterocycles. The van der Waals surface area contributed by atoms with Gasteiger partial charge >= 0.3 is 36.4 Å². The Labute approximate surface area is 343 Å². The normalized spacial score (nSPS) is 18.3. The Morgan fingerprint density at radius 2 is 1.33 bits per heavy atom. The second-order valence-electron chi connectivity index (χ2n) is 14.2. The Hall–Kier alpha value is -5.32. The van der Waals surface area contributed by atoms with Crippen LogP contribution in [0.1, 0.15) is 40.4 Å². The molecular weight excluding hydrogens is 840 g/mol. The summed E-state index contributed by atoms with van der Waals surface area (Å²) < 4.78 is 111. The van der Waals surface area contributed by atoms with E-state index in [2.05, 4.69) is 53.0 Å². The highest BCUT2D eigenvalue weighted by atomic mass is 19.4. The van der Waals surface area contributed by atoms with Crippen LogP contribution in [0.5, 0.6) is 0 Å². The fraction of sp³-hybridized carbons (Fsp3) is 0.436. The van der Waals surface area contributed by atoms with Crippen molar-refractivity contribution in [1.82, 2.24) is 20.9 Å². The Kier molecular flexibility index (Phi) is 19.6. The van der Waals surface area contributed by atoms with Crippen molar-refractivity contribution < 1.29 is 82.9 Å². The first-order valence-corrected chi connectivity index (χ1v) is 18.4. The number of alkyl halides is 9. The van der Waals surface area contributed by atoms with E-state index >= 15 is 0 Å². The summed E-state index contributed by atoms with van der Waals surface area (Å²) in [6.45, 7) is 11.6. The maximum atomic E-state index is 14.9. The predicted octanol–water partition coefficient (Wildman–Crippen LogP) is 6.06. The molecule has 3 aromatic rings. The molecule has 2 saturated heterocycles. The third-order valence-electron chi connectivity index (χ3n) is 8.94. The van der Waals surface area contributed by atoms with Crippen LogP contribution in [0.2, 0.25) is 0 Å². The zero-order valence-electron chi connectivity index (χ0n) is 32.9. The van der Waals surface area contributed by atoms with E-state index in [1.54, 1.807) is 6.07 Å². The number of benzene rings is 3. The van der Waals surface area contributed by atoms with Gasteiger partial charge in [0.25, 0.3) is 5.91 Å². The first-order chi connectivity index (χ1) is 28.2. The minimum Gasteiger partial charge on any atom is -0.475 e. The topological polar surface area (TPSA) is 168 Å². The molecule has 0 radical (unpaired) electrons. The second-order valence-corrected chi connectivity index (χ2v) is 14.2. The summed E-state index contributed by atoms with van der Waals surface area (Å²) >= 11 is 0. The number of hydrogen-bond donors (Lipinski definition) is 6. The van der Waals surface area contributed by atoms with Gasteiger partial charge in [-0.25, -0.2) is 18.8 Å². The van der Waals surface area contributed by atoms with Gasteiger partial charge in [0.05, 0.1) is 20.1 Å². The molecule has 2 heterocycles. The van der Waals surface area contributed by atoms with Crippen molar-refractivity contribution in [2.75, 3.05) is 52.9 Å². The van der Waals surface area contributed by atoms with E-state index < -0.39 is 36.4 Å². The van der Waals surface area contributed by atoms with Gasteiger partial charge in [0.15, 0.2) is 0 Å². The number of piperazine rings is 1. The highest BCUT2D eigenvalue weighted by molar-refractivity contribution is 5.94. The van der Waals surface area contributed by atoms with Crippen LogP contribution in [0.25, 0.3) is 11.1 Å². The lowest BCUT2D eigenvalue weighted by Gasteiger charge is -2.33. The van der Waals surface area contributed by atoms with Gasteiger partial charge in [0.2, 0.25) is 0 Å². The van der Waals surface area contributed by atoms with Gasteiger partial charge in [-0.15, -0.1) is 0 Å². The van der Waals surface area contributed by atoms with Crippen molar-refractivity contribution >= 4 is 23.8 Å². The smallest absolute Gasteiger partial charge is 0.475 e. The van der Waals surface area contributed by atoms with Crippen molar-refractivity contribution in [1.29, 1.82) is 0 Å². The fourth-order valence-electron chi connectivity index (χ4n) is 6.02. The van der Waals surface area contributed by atoms with Crippen molar-refractivity contribution in [3.05, 3.63) is 94.8 Å². The summed E-state index contributed by atoms with van der Waals surface area (Å²) in [6, 6.07) is 21.7. The number of carbonyl (C=O) groups is 4. The quantitative estimate of drug-likeness (QED) is 0.116. The molecule has 12 nitrogen and oxygen atoms in total. The van der Waals surface area contributed by atoms with Crippen molar-refractivity contribution in [3.63, 3.8) is 0 Å². The number of nitrogens with one attached hydrogen (secondary N) is 3. The minimum atomic E-state index is -5.08. The highest BCUT2D eigenvalue weighted by Crippen LogP contribution is 2.26. The van der Waals surface area contributed by atoms with E-state index in [4.69, 9.17) is 29.7 Å². The zero-order chi connectivity index (χ0) is 46.2. The maximum Gasteiger partial charge on any atom is 0.490 e. The van der Waals surface area contributed by atoms with Gasteiger partial charge in [-0.1, -0.05) is 36.4 Å². The molecular formula is C39H46F10N5O7+. The molecule has 0 saturated carbocycles. The highest BCUT2D eigenvalue weighted by Gasteiger charge is 2.39. The van der Waals surface area contributed by atoms with Gasteiger partial charge < -0.3 is 35.8 Å². The lowest BCUT2D eigenvalue weighted by molar-refractivity contribution is -0.920. The number of likely N-dealkylation sites (N-methyl/N-ethyl adjacent to an activating group) is 1. The van der Waals surface area contributed by atoms with Crippen molar-refractivity contribution in [3.8, 4) is 11.1 Å². The van der Waals surface area contributed by atoms with Gasteiger partial charge in [-0.3, -0.25) is 9.69 Å². The molecule has 61 heavy (non-hydrogen) atoms. The molecule has 2 atom stereocenters. The average molecular weight is 887 g/mol. The number of rotatable bonds is 8. The van der Waals surface area contributed by atoms with Crippen LogP contribution in [0, 0.1) is 5.82 Å². The van der Waals surface area contributed by atoms with Crippen LogP contribution in [0.4, 0.5) is 43.9 Å². The third-order valence-corrected chi connectivity index (χ3v) is 8.94. The summed E-state index contributed by atoms with van der Waals surface area (Å²) in [5.74, 6) is -8.64. The molecule has 22 heteroatoms. The van der Waals surface area contributed by atoms with Gasteiger partial charge in [-0.2, -0.15) is 39.5 Å². The lowest BCUT2D eigenvalue weighted by atomic mass is 10.00. The molecule has 6 N–H and O–H groups in total. The summed E-state index contributed by atoms with van der Waals surface area (Å²) in [6.07, 6.45) is -14.1. The van der Waals surface area contributed by atoms with Crippen LogP contribution < -0.4 is 16.0 Å². The summed E-state index contributed by atoms with van der Waals surface area (Å²) in [5, 5.41) is 31.4. The maximum absolute atomic E-state index is 14.9. The Bertz CT molecular complexity index is 1860. The Morgan fingerprint density at radius 1 is 0.754 bits per heavy atom. The molecule has 1 unspecified atom stereocenters. The van der Waals surface area contributed by atoms with Crippen molar-refractivity contribution in [2.24, 2.45) is 0 Å². The predicted molar refractivity (Wildman–Crippen MR) is 200 cm³/mol. The number of nitrogens with zero attached hydrogens (tertiary/aromatic N) is 2. The number of hydrogen-bond acceptors (Lipinski definition) is 7. The van der Waals surface area contributed by atoms with Gasteiger partial charge in [0, 0.05) is 75.0 Å². The largest absolute Gasteiger partial charge is 0.490 e. The molecule has 1 amide bonds. The van der Waals surface area contributed by atoms with Crippen LogP contribution >= 0.6 is 0 Å². The van der Waals surface area contributed by atoms with E-state index in [9.17, 15) is 48.7 Å². The minimum absolute atomic E-state index is 0.111. The summed E-state index contributed by atoms with van der Waals surface area (Å²) in [4.78, 5) is 42.2. The molecule has 0 aliphatic carbocycles. The fourth-order valence-corrected chi connectivity index (χ4v) is 6.02. The van der Waals surface area contributed by atoms with E-state index in [0.717, 1.165) is 80.9 Å². The van der Waals surface area contributed by atoms with Crippen LogP contribution in [-0.2, 0) is 34.0 Å². The first kappa shape index (κ1) is 51.8. The Morgan fingerprint density at radius 3 is 1.90 bits per heavy atom. The molecule has 0 spiro atoms. The summed E-state index contributed by atoms with van der Waals surface area (Å²) in [7, 11) is 2.30. The molecule has 5 rings (SSSR count). The number of carbonyl (C=O) groups excluding carboxylic acids is 1. The standard InChI is InChI=1S/C33H42FN5O.3C2HF3O2/c1-25-22-38(15-13-36-25)23-27-6-3-8-29(18-27)31-20-26(10-11-32(31)34)21-37-33(40)30-9-4-7-28(19-30)24-39(2)16-5-12-35-14-17-39;3*3-2(4,5)1(6)7/h3-4,6-11,18-20,25,35-36H,5,12-17,21-24H2,1-2H3;3*(H,6,7)/p+1/t25-,39?;;;/m0.../s1. The van der Waals surface area contributed by atoms with E-state index in [1.807, 2.05) is 36.4 Å². The van der Waals surface area contributed by atoms with Crippen molar-refractivity contribution in [2.45, 2.75) is 57.5 Å².